The maximum absolute atomic E-state index is 11.4. The predicted octanol–water partition coefficient (Wildman–Crippen LogP) is 2.14. The Kier molecular flexibility index (Phi) is 4.28. The van der Waals surface area contributed by atoms with Crippen molar-refractivity contribution in [3.05, 3.63) is 55.4 Å². The average molecular weight is 321 g/mol. The van der Waals surface area contributed by atoms with Gasteiger partial charge in [-0.15, -0.1) is 5.10 Å². The fourth-order valence-electron chi connectivity index (χ4n) is 2.02. The third-order valence-electron chi connectivity index (χ3n) is 3.09. The van der Waals surface area contributed by atoms with Crippen LogP contribution in [0, 0.1) is 0 Å². The Balaban J connectivity index is 1.80. The summed E-state index contributed by atoms with van der Waals surface area (Å²) < 4.78 is 1.61. The zero-order chi connectivity index (χ0) is 16.9. The number of rotatable bonds is 5. The van der Waals surface area contributed by atoms with Crippen LogP contribution < -0.4 is 10.6 Å². The van der Waals surface area contributed by atoms with Gasteiger partial charge in [-0.2, -0.15) is 0 Å². The molecule has 0 aliphatic rings. The molecular weight excluding hydrogens is 306 g/mol. The zero-order valence-corrected chi connectivity index (χ0v) is 13.0. The van der Waals surface area contributed by atoms with Crippen LogP contribution in [0.25, 0.3) is 11.4 Å². The smallest absolute Gasteiger partial charge is 0.247 e. The van der Waals surface area contributed by atoms with Gasteiger partial charge in [0.25, 0.3) is 0 Å². The Bertz CT molecular complexity index is 887. The van der Waals surface area contributed by atoms with Crippen LogP contribution in [-0.2, 0) is 11.8 Å². The van der Waals surface area contributed by atoms with Crippen LogP contribution in [0.2, 0.25) is 0 Å². The Morgan fingerprint density at radius 1 is 1.25 bits per heavy atom. The third-order valence-corrected chi connectivity index (χ3v) is 3.09. The van der Waals surface area contributed by atoms with E-state index < -0.39 is 0 Å². The van der Waals surface area contributed by atoms with Crippen molar-refractivity contribution >= 4 is 23.2 Å². The number of nitrogens with one attached hydrogen (secondary N) is 2. The first kappa shape index (κ1) is 15.3. The highest BCUT2D eigenvalue weighted by Crippen LogP contribution is 2.20. The molecule has 8 heteroatoms. The number of hydrogen-bond donors (Lipinski definition) is 2. The van der Waals surface area contributed by atoms with Crippen molar-refractivity contribution in [3.8, 4) is 11.4 Å². The molecule has 8 nitrogen and oxygen atoms in total. The van der Waals surface area contributed by atoms with Gasteiger partial charge in [0.15, 0.2) is 0 Å². The lowest BCUT2D eigenvalue weighted by atomic mass is 10.2. The van der Waals surface area contributed by atoms with E-state index in [1.807, 2.05) is 12.1 Å². The molecule has 0 bridgehead atoms. The molecule has 0 aliphatic heterocycles. The molecule has 0 aliphatic carbocycles. The first-order chi connectivity index (χ1) is 11.6. The van der Waals surface area contributed by atoms with E-state index in [-0.39, 0.29) is 5.91 Å². The summed E-state index contributed by atoms with van der Waals surface area (Å²) in [6.45, 7) is 3.43. The topological polar surface area (TPSA) is 97.6 Å². The lowest BCUT2D eigenvalue weighted by Gasteiger charge is -2.08. The first-order valence-electron chi connectivity index (χ1n) is 7.14. The van der Waals surface area contributed by atoms with E-state index in [1.54, 1.807) is 42.3 Å². The Morgan fingerprint density at radius 3 is 2.83 bits per heavy atom. The molecule has 2 heterocycles. The number of carbonyl (C=O) groups is 1. The van der Waals surface area contributed by atoms with Crippen molar-refractivity contribution < 1.29 is 4.79 Å². The molecule has 120 valence electrons. The summed E-state index contributed by atoms with van der Waals surface area (Å²) >= 11 is 0. The van der Waals surface area contributed by atoms with E-state index in [0.717, 1.165) is 5.69 Å². The second kappa shape index (κ2) is 6.69. The van der Waals surface area contributed by atoms with Gasteiger partial charge in [-0.1, -0.05) is 17.9 Å². The molecular formula is C16H15N7O. The lowest BCUT2D eigenvalue weighted by Crippen LogP contribution is -2.07. The van der Waals surface area contributed by atoms with Crippen LogP contribution >= 0.6 is 0 Å². The number of benzene rings is 1. The fourth-order valence-corrected chi connectivity index (χ4v) is 2.02. The SMILES string of the molecule is C=CC(=O)Nc1cccc(Nc2nccc(-c3cn(C)nn3)n2)c1. The van der Waals surface area contributed by atoms with Gasteiger partial charge in [-0.3, -0.25) is 9.48 Å². The Morgan fingerprint density at radius 2 is 2.08 bits per heavy atom. The molecule has 1 amide bonds. The number of nitrogens with zero attached hydrogens (tertiary/aromatic N) is 5. The maximum Gasteiger partial charge on any atom is 0.247 e. The van der Waals surface area contributed by atoms with Gasteiger partial charge >= 0.3 is 0 Å². The Labute approximate surface area is 138 Å². The zero-order valence-electron chi connectivity index (χ0n) is 13.0. The van der Waals surface area contributed by atoms with Gasteiger partial charge in [-0.25, -0.2) is 9.97 Å². The van der Waals surface area contributed by atoms with Gasteiger partial charge in [-0.05, 0) is 30.3 Å². The van der Waals surface area contributed by atoms with Crippen molar-refractivity contribution in [1.82, 2.24) is 25.0 Å². The van der Waals surface area contributed by atoms with E-state index in [0.29, 0.717) is 23.0 Å². The lowest BCUT2D eigenvalue weighted by molar-refractivity contribution is -0.111. The highest BCUT2D eigenvalue weighted by molar-refractivity contribution is 5.99. The molecule has 0 atom stereocenters. The second-order valence-corrected chi connectivity index (χ2v) is 4.94. The van der Waals surface area contributed by atoms with Crippen LogP contribution in [0.5, 0.6) is 0 Å². The van der Waals surface area contributed by atoms with Crippen molar-refractivity contribution in [2.75, 3.05) is 10.6 Å². The van der Waals surface area contributed by atoms with Crippen LogP contribution in [0.1, 0.15) is 0 Å². The van der Waals surface area contributed by atoms with Gasteiger partial charge in [0.05, 0.1) is 11.9 Å². The molecule has 0 fully saturated rings. The number of aromatic nitrogens is 5. The van der Waals surface area contributed by atoms with E-state index >= 15 is 0 Å². The minimum Gasteiger partial charge on any atom is -0.324 e. The van der Waals surface area contributed by atoms with E-state index in [2.05, 4.69) is 37.5 Å². The summed E-state index contributed by atoms with van der Waals surface area (Å²) in [7, 11) is 1.79. The summed E-state index contributed by atoms with van der Waals surface area (Å²) in [5.74, 6) is 0.151. The van der Waals surface area contributed by atoms with Gasteiger partial charge in [0, 0.05) is 24.6 Å². The fraction of sp³-hybridized carbons (Fsp3) is 0.0625. The van der Waals surface area contributed by atoms with Crippen molar-refractivity contribution in [3.63, 3.8) is 0 Å². The number of anilines is 3. The first-order valence-corrected chi connectivity index (χ1v) is 7.14. The quantitative estimate of drug-likeness (QED) is 0.699. The van der Waals surface area contributed by atoms with Crippen LogP contribution in [0.4, 0.5) is 17.3 Å². The number of aryl methyl sites for hydroxylation is 1. The summed E-state index contributed by atoms with van der Waals surface area (Å²) in [4.78, 5) is 20.0. The number of amides is 1. The largest absolute Gasteiger partial charge is 0.324 e. The standard InChI is InChI=1S/C16H15N7O/c1-3-15(24)18-11-5-4-6-12(9-11)19-16-17-8-7-13(20-16)14-10-23(2)22-21-14/h3-10H,1H2,2H3,(H,18,24)(H,17,19,20). The van der Waals surface area contributed by atoms with Gasteiger partial charge in [0.2, 0.25) is 11.9 Å². The summed E-state index contributed by atoms with van der Waals surface area (Å²) in [6.07, 6.45) is 4.63. The monoisotopic (exact) mass is 321 g/mol. The van der Waals surface area contributed by atoms with Crippen molar-refractivity contribution in [1.29, 1.82) is 0 Å². The van der Waals surface area contributed by atoms with Crippen LogP contribution in [0.15, 0.2) is 55.4 Å². The summed E-state index contributed by atoms with van der Waals surface area (Å²) in [6, 6.07) is 8.98. The molecule has 0 saturated carbocycles. The molecule has 0 radical (unpaired) electrons. The van der Waals surface area contributed by atoms with Crippen molar-refractivity contribution in [2.24, 2.45) is 7.05 Å². The Hall–Kier alpha value is -3.55. The second-order valence-electron chi connectivity index (χ2n) is 4.94. The average Bonchev–Trinajstić information content (AvgIpc) is 3.02. The molecule has 3 aromatic rings. The van der Waals surface area contributed by atoms with E-state index in [1.165, 1.54) is 6.08 Å². The molecule has 3 rings (SSSR count). The van der Waals surface area contributed by atoms with E-state index in [4.69, 9.17) is 0 Å². The summed E-state index contributed by atoms with van der Waals surface area (Å²) in [5.41, 5.74) is 2.72. The maximum atomic E-state index is 11.4. The normalized spacial score (nSPS) is 10.2. The van der Waals surface area contributed by atoms with Gasteiger partial charge < -0.3 is 10.6 Å². The molecule has 0 saturated heterocycles. The molecule has 1 aromatic carbocycles. The van der Waals surface area contributed by atoms with E-state index in [9.17, 15) is 4.79 Å². The molecule has 2 aromatic heterocycles. The van der Waals surface area contributed by atoms with Crippen LogP contribution in [0.3, 0.4) is 0 Å². The number of hydrogen-bond acceptors (Lipinski definition) is 6. The molecule has 24 heavy (non-hydrogen) atoms. The molecule has 2 N–H and O–H groups in total. The molecule has 0 unspecified atom stereocenters. The number of carbonyl (C=O) groups excluding carboxylic acids is 1. The molecule has 0 spiro atoms. The highest BCUT2D eigenvalue weighted by atomic mass is 16.1. The van der Waals surface area contributed by atoms with Crippen molar-refractivity contribution in [2.45, 2.75) is 0 Å². The summed E-state index contributed by atoms with van der Waals surface area (Å²) in [5, 5.41) is 13.7. The predicted molar refractivity (Wildman–Crippen MR) is 90.6 cm³/mol. The minimum atomic E-state index is -0.270. The highest BCUT2D eigenvalue weighted by Gasteiger charge is 2.06. The van der Waals surface area contributed by atoms with Crippen LogP contribution in [-0.4, -0.2) is 30.9 Å². The third kappa shape index (κ3) is 3.61. The van der Waals surface area contributed by atoms with Gasteiger partial charge in [0.1, 0.15) is 5.69 Å². The minimum absolute atomic E-state index is 0.270.